The van der Waals surface area contributed by atoms with E-state index in [9.17, 15) is 0 Å². The molecule has 0 amide bonds. The molecule has 0 aromatic carbocycles. The van der Waals surface area contributed by atoms with Crippen LogP contribution >= 0.6 is 0 Å². The van der Waals surface area contributed by atoms with Crippen molar-refractivity contribution >= 4 is 0 Å². The average Bonchev–Trinajstić information content (AvgIpc) is 2.44. The first kappa shape index (κ1) is 16.9. The lowest BCUT2D eigenvalue weighted by atomic mass is 9.70. The third-order valence-corrected chi connectivity index (χ3v) is 4.77. The van der Waals surface area contributed by atoms with E-state index < -0.39 is 0 Å². The van der Waals surface area contributed by atoms with Gasteiger partial charge in [0.2, 0.25) is 0 Å². The molecule has 0 aromatic heterocycles. The molecular formula is C16H34N2O. The van der Waals surface area contributed by atoms with Gasteiger partial charge in [0.1, 0.15) is 0 Å². The van der Waals surface area contributed by atoms with Gasteiger partial charge >= 0.3 is 0 Å². The molecule has 1 N–H and O–H groups in total. The van der Waals surface area contributed by atoms with Gasteiger partial charge in [0, 0.05) is 26.7 Å². The van der Waals surface area contributed by atoms with Crippen LogP contribution in [-0.2, 0) is 4.74 Å². The molecule has 1 rings (SSSR count). The highest BCUT2D eigenvalue weighted by Gasteiger charge is 2.34. The Bertz CT molecular complexity index is 221. The van der Waals surface area contributed by atoms with Gasteiger partial charge in [-0.15, -0.1) is 0 Å². The molecule has 1 fully saturated rings. The van der Waals surface area contributed by atoms with Gasteiger partial charge in [0.05, 0.1) is 6.61 Å². The zero-order chi connectivity index (χ0) is 14.1. The second-order valence-electron chi connectivity index (χ2n) is 6.31. The quantitative estimate of drug-likeness (QED) is 0.652. The molecule has 0 bridgehead atoms. The Labute approximate surface area is 120 Å². The Hall–Kier alpha value is -0.120. The van der Waals surface area contributed by atoms with E-state index in [0.29, 0.717) is 5.41 Å². The lowest BCUT2D eigenvalue weighted by molar-refractivity contribution is 0.0887. The molecule has 1 aliphatic carbocycles. The Balaban J connectivity index is 2.51. The molecule has 0 spiro atoms. The van der Waals surface area contributed by atoms with E-state index in [1.807, 2.05) is 0 Å². The summed E-state index contributed by atoms with van der Waals surface area (Å²) in [6, 6.07) is 0. The van der Waals surface area contributed by atoms with E-state index in [1.54, 1.807) is 7.11 Å². The van der Waals surface area contributed by atoms with Crippen LogP contribution in [0.5, 0.6) is 0 Å². The van der Waals surface area contributed by atoms with Crippen LogP contribution in [0.3, 0.4) is 0 Å². The Morgan fingerprint density at radius 1 is 1.21 bits per heavy atom. The summed E-state index contributed by atoms with van der Waals surface area (Å²) in [4.78, 5) is 2.59. The monoisotopic (exact) mass is 270 g/mol. The van der Waals surface area contributed by atoms with E-state index in [4.69, 9.17) is 4.74 Å². The highest BCUT2D eigenvalue weighted by molar-refractivity contribution is 4.89. The van der Waals surface area contributed by atoms with Gasteiger partial charge in [-0.1, -0.05) is 33.6 Å². The van der Waals surface area contributed by atoms with E-state index >= 15 is 0 Å². The van der Waals surface area contributed by atoms with Crippen LogP contribution in [0.25, 0.3) is 0 Å². The molecule has 1 aliphatic rings. The summed E-state index contributed by atoms with van der Waals surface area (Å²) in [6.07, 6.45) is 5.55. The zero-order valence-electron chi connectivity index (χ0n) is 13.5. The number of nitrogens with zero attached hydrogens (tertiary/aromatic N) is 1. The van der Waals surface area contributed by atoms with Gasteiger partial charge in [0.25, 0.3) is 0 Å². The van der Waals surface area contributed by atoms with E-state index in [2.05, 4.69) is 31.0 Å². The topological polar surface area (TPSA) is 24.5 Å². The summed E-state index contributed by atoms with van der Waals surface area (Å²) in [5, 5.41) is 3.61. The SMILES string of the molecule is CCN(CC)CC1(CNCCOC)CCC(C)CC1. The van der Waals surface area contributed by atoms with Gasteiger partial charge in [0.15, 0.2) is 0 Å². The van der Waals surface area contributed by atoms with Crippen LogP contribution in [0.15, 0.2) is 0 Å². The molecular weight excluding hydrogens is 236 g/mol. The number of rotatable bonds is 9. The van der Waals surface area contributed by atoms with Crippen LogP contribution in [0.4, 0.5) is 0 Å². The maximum Gasteiger partial charge on any atom is 0.0587 e. The van der Waals surface area contributed by atoms with Crippen LogP contribution in [0.1, 0.15) is 46.5 Å². The van der Waals surface area contributed by atoms with E-state index in [-0.39, 0.29) is 0 Å². The lowest BCUT2D eigenvalue weighted by Crippen LogP contribution is -2.46. The number of hydrogen-bond donors (Lipinski definition) is 1. The molecule has 19 heavy (non-hydrogen) atoms. The van der Waals surface area contributed by atoms with Crippen molar-refractivity contribution < 1.29 is 4.74 Å². The standard InChI is InChI=1S/C16H34N2O/c1-5-18(6-2)14-16(13-17-11-12-19-4)9-7-15(3)8-10-16/h15,17H,5-14H2,1-4H3. The van der Waals surface area contributed by atoms with Gasteiger partial charge in [-0.05, 0) is 37.3 Å². The molecule has 3 nitrogen and oxygen atoms in total. The Morgan fingerprint density at radius 2 is 1.84 bits per heavy atom. The zero-order valence-corrected chi connectivity index (χ0v) is 13.5. The average molecular weight is 270 g/mol. The van der Waals surface area contributed by atoms with Gasteiger partial charge < -0.3 is 15.0 Å². The fraction of sp³-hybridized carbons (Fsp3) is 1.00. The first-order chi connectivity index (χ1) is 9.15. The van der Waals surface area contributed by atoms with Crippen molar-refractivity contribution in [3.05, 3.63) is 0 Å². The number of methoxy groups -OCH3 is 1. The minimum atomic E-state index is 0.492. The third kappa shape index (κ3) is 5.80. The molecule has 1 saturated carbocycles. The van der Waals surface area contributed by atoms with E-state index in [1.165, 1.54) is 45.3 Å². The van der Waals surface area contributed by atoms with Crippen molar-refractivity contribution in [3.8, 4) is 0 Å². The van der Waals surface area contributed by atoms with Crippen molar-refractivity contribution in [1.29, 1.82) is 0 Å². The molecule has 0 radical (unpaired) electrons. The summed E-state index contributed by atoms with van der Waals surface area (Å²) in [7, 11) is 1.77. The number of ether oxygens (including phenoxy) is 1. The largest absolute Gasteiger partial charge is 0.383 e. The van der Waals surface area contributed by atoms with Crippen molar-refractivity contribution in [1.82, 2.24) is 10.2 Å². The van der Waals surface area contributed by atoms with Gasteiger partial charge in [-0.25, -0.2) is 0 Å². The number of hydrogen-bond acceptors (Lipinski definition) is 3. The molecule has 0 unspecified atom stereocenters. The molecule has 0 aliphatic heterocycles. The molecule has 0 atom stereocenters. The molecule has 114 valence electrons. The first-order valence-electron chi connectivity index (χ1n) is 8.07. The van der Waals surface area contributed by atoms with Crippen LogP contribution in [0.2, 0.25) is 0 Å². The van der Waals surface area contributed by atoms with Crippen molar-refractivity contribution in [2.24, 2.45) is 11.3 Å². The van der Waals surface area contributed by atoms with Crippen molar-refractivity contribution in [2.45, 2.75) is 46.5 Å². The highest BCUT2D eigenvalue weighted by Crippen LogP contribution is 2.39. The predicted molar refractivity (Wildman–Crippen MR) is 82.6 cm³/mol. The normalized spacial score (nSPS) is 27.9. The predicted octanol–water partition coefficient (Wildman–Crippen LogP) is 2.76. The Kier molecular flexibility index (Phi) is 7.96. The van der Waals surface area contributed by atoms with E-state index in [0.717, 1.165) is 25.6 Å². The van der Waals surface area contributed by atoms with Gasteiger partial charge in [-0.3, -0.25) is 0 Å². The fourth-order valence-electron chi connectivity index (χ4n) is 3.21. The van der Waals surface area contributed by atoms with Crippen LogP contribution < -0.4 is 5.32 Å². The second-order valence-corrected chi connectivity index (χ2v) is 6.31. The highest BCUT2D eigenvalue weighted by atomic mass is 16.5. The van der Waals surface area contributed by atoms with Crippen molar-refractivity contribution in [3.63, 3.8) is 0 Å². The van der Waals surface area contributed by atoms with Crippen LogP contribution in [0, 0.1) is 11.3 Å². The summed E-state index contributed by atoms with van der Waals surface area (Å²) in [5.74, 6) is 0.920. The summed E-state index contributed by atoms with van der Waals surface area (Å²) < 4.78 is 5.13. The lowest BCUT2D eigenvalue weighted by Gasteiger charge is -2.42. The minimum Gasteiger partial charge on any atom is -0.383 e. The minimum absolute atomic E-state index is 0.492. The maximum absolute atomic E-state index is 5.13. The summed E-state index contributed by atoms with van der Waals surface area (Å²) >= 11 is 0. The first-order valence-corrected chi connectivity index (χ1v) is 8.07. The smallest absolute Gasteiger partial charge is 0.0587 e. The Morgan fingerprint density at radius 3 is 2.37 bits per heavy atom. The van der Waals surface area contributed by atoms with Crippen molar-refractivity contribution in [2.75, 3.05) is 46.4 Å². The van der Waals surface area contributed by atoms with Crippen LogP contribution in [-0.4, -0.2) is 51.3 Å². The summed E-state index contributed by atoms with van der Waals surface area (Å²) in [6.45, 7) is 13.5. The number of nitrogens with one attached hydrogen (secondary N) is 1. The third-order valence-electron chi connectivity index (χ3n) is 4.77. The second kappa shape index (κ2) is 8.93. The molecule has 0 heterocycles. The fourth-order valence-corrected chi connectivity index (χ4v) is 3.21. The molecule has 0 saturated heterocycles. The van der Waals surface area contributed by atoms with Gasteiger partial charge in [-0.2, -0.15) is 0 Å². The summed E-state index contributed by atoms with van der Waals surface area (Å²) in [5.41, 5.74) is 0.492. The maximum atomic E-state index is 5.13. The molecule has 0 aromatic rings. The molecule has 3 heteroatoms.